The Hall–Kier alpha value is 0.0243. The van der Waals surface area contributed by atoms with E-state index in [4.69, 9.17) is 18.1 Å². The molecule has 0 radical (unpaired) electrons. The molecule has 0 bridgehead atoms. The van der Waals surface area contributed by atoms with Crippen molar-refractivity contribution in [2.45, 2.75) is 115 Å². The molecule has 1 heterocycles. The van der Waals surface area contributed by atoms with Gasteiger partial charge in [-0.2, -0.15) is 0 Å². The van der Waals surface area contributed by atoms with Crippen LogP contribution in [0.15, 0.2) is 0 Å². The molecular weight excluding hydrogens is 380 g/mol. The monoisotopic (exact) mass is 420 g/mol. The fraction of sp³-hybridized carbons (Fsp3) is 0.950. The molecule has 4 N–H and O–H groups in total. The van der Waals surface area contributed by atoms with Gasteiger partial charge in [-0.1, -0.05) is 38.5 Å². The topological polar surface area (TPSA) is 105 Å². The van der Waals surface area contributed by atoms with Crippen molar-refractivity contribution in [2.24, 2.45) is 11.5 Å². The Morgan fingerprint density at radius 2 is 1.26 bits per heavy atom. The van der Waals surface area contributed by atoms with E-state index < -0.39 is 24.7 Å². The van der Waals surface area contributed by atoms with Gasteiger partial charge in [0, 0.05) is 0 Å². The molecule has 0 saturated carbocycles. The summed E-state index contributed by atoms with van der Waals surface area (Å²) >= 11 is -2.97. The summed E-state index contributed by atoms with van der Waals surface area (Å²) in [4.78, 5) is 11.8. The summed E-state index contributed by atoms with van der Waals surface area (Å²) in [6.07, 6.45) is 18.4. The molecule has 1 rings (SSSR count). The third-order valence-corrected chi connectivity index (χ3v) is 6.53. The summed E-state index contributed by atoms with van der Waals surface area (Å²) in [5.74, 6) is 0.0521. The fourth-order valence-corrected chi connectivity index (χ4v) is 4.68. The van der Waals surface area contributed by atoms with Crippen molar-refractivity contribution in [3.8, 4) is 0 Å². The molecule has 1 fully saturated rings. The van der Waals surface area contributed by atoms with Gasteiger partial charge in [0.25, 0.3) is 0 Å². The number of hydrogen-bond donors (Lipinski definition) is 2. The number of unbranched alkanes of at least 4 members (excludes halogenated alkanes) is 13. The average Bonchev–Trinajstić information content (AvgIpc) is 3.07. The first-order valence-corrected chi connectivity index (χ1v) is 12.9. The molecule has 1 aliphatic rings. The van der Waals surface area contributed by atoms with Crippen LogP contribution in [0.3, 0.4) is 0 Å². The maximum absolute atomic E-state index is 11.8. The standard InChI is InChI=1S/C20H40N2O3.O.Ti/c21-20(22)16-14-12-10-8-6-4-2-1-3-5-7-9-11-13-15-18(24)19(25)17-23;;/h19-20H,1-17,21-22H2;;/q-2;;+2. The Morgan fingerprint density at radius 3 is 1.67 bits per heavy atom. The fourth-order valence-electron chi connectivity index (χ4n) is 3.45. The number of carbonyl (C=O) groups excluding carboxylic acids is 1. The van der Waals surface area contributed by atoms with Gasteiger partial charge in [0.2, 0.25) is 0 Å². The van der Waals surface area contributed by atoms with E-state index in [1.165, 1.54) is 70.6 Å². The van der Waals surface area contributed by atoms with Crippen molar-refractivity contribution >= 4 is 5.78 Å². The minimum absolute atomic E-state index is 0.0521. The molecule has 0 aromatic carbocycles. The van der Waals surface area contributed by atoms with Crippen molar-refractivity contribution in [1.29, 1.82) is 0 Å². The second-order valence-corrected chi connectivity index (χ2v) is 9.39. The number of Topliss-reactive ketones (excluding diaryl/α,β-unsaturated/α-hetero) is 1. The molecule has 158 valence electrons. The van der Waals surface area contributed by atoms with Gasteiger partial charge in [0.15, 0.2) is 0 Å². The second kappa shape index (κ2) is 16.9. The third-order valence-electron chi connectivity index (χ3n) is 5.16. The predicted molar refractivity (Wildman–Crippen MR) is 103 cm³/mol. The average molecular weight is 420 g/mol. The van der Waals surface area contributed by atoms with Crippen LogP contribution in [-0.2, 0) is 33.4 Å². The van der Waals surface area contributed by atoms with Crippen LogP contribution in [0.5, 0.6) is 0 Å². The van der Waals surface area contributed by atoms with Gasteiger partial charge >= 0.3 is 110 Å². The van der Waals surface area contributed by atoms with Crippen LogP contribution in [0, 0.1) is 0 Å². The molecule has 0 aromatic rings. The Bertz CT molecular complexity index is 407. The zero-order valence-corrected chi connectivity index (χ0v) is 18.5. The van der Waals surface area contributed by atoms with Crippen LogP contribution < -0.4 is 11.5 Å². The van der Waals surface area contributed by atoms with Crippen LogP contribution in [0.4, 0.5) is 0 Å². The molecule has 0 amide bonds. The van der Waals surface area contributed by atoms with Gasteiger partial charge in [0.05, 0.1) is 6.17 Å². The molecule has 0 spiro atoms. The number of carbonyl (C=O) groups is 1. The van der Waals surface area contributed by atoms with Crippen molar-refractivity contribution < 1.29 is 33.4 Å². The van der Waals surface area contributed by atoms with E-state index in [9.17, 15) is 8.12 Å². The third kappa shape index (κ3) is 14.6. The van der Waals surface area contributed by atoms with Gasteiger partial charge in [-0.05, 0) is 6.42 Å². The number of nitrogens with two attached hydrogens (primary N) is 2. The summed E-state index contributed by atoms with van der Waals surface area (Å²) < 4.78 is 21.0. The van der Waals surface area contributed by atoms with E-state index in [2.05, 4.69) is 0 Å². The van der Waals surface area contributed by atoms with Crippen molar-refractivity contribution in [2.75, 3.05) is 6.61 Å². The zero-order chi connectivity index (χ0) is 19.7. The minimum atomic E-state index is -2.97. The van der Waals surface area contributed by atoms with E-state index in [0.29, 0.717) is 6.42 Å². The molecule has 6 nitrogen and oxygen atoms in total. The predicted octanol–water partition coefficient (Wildman–Crippen LogP) is 4.25. The molecule has 1 unspecified atom stereocenters. The van der Waals surface area contributed by atoms with Gasteiger partial charge < -0.3 is 11.5 Å². The Balaban J connectivity index is 1.73. The van der Waals surface area contributed by atoms with Crippen LogP contribution in [0.25, 0.3) is 0 Å². The van der Waals surface area contributed by atoms with Crippen molar-refractivity contribution in [1.82, 2.24) is 0 Å². The second-order valence-electron chi connectivity index (χ2n) is 7.79. The van der Waals surface area contributed by atoms with Crippen LogP contribution in [0.1, 0.15) is 103 Å². The first-order valence-electron chi connectivity index (χ1n) is 11.0. The molecule has 1 saturated heterocycles. The molecule has 0 aromatic heterocycles. The molecular formula is C20H40N2O4Ti. The summed E-state index contributed by atoms with van der Waals surface area (Å²) in [6.45, 7) is 0.195. The van der Waals surface area contributed by atoms with E-state index in [1.807, 2.05) is 0 Å². The number of ketones is 1. The van der Waals surface area contributed by atoms with E-state index in [0.717, 1.165) is 25.7 Å². The summed E-state index contributed by atoms with van der Waals surface area (Å²) in [5.41, 5.74) is 11.1. The summed E-state index contributed by atoms with van der Waals surface area (Å²) in [7, 11) is 0. The molecule has 7 heteroatoms. The Labute approximate surface area is 172 Å². The first kappa shape index (κ1) is 25.1. The van der Waals surface area contributed by atoms with Crippen molar-refractivity contribution in [3.63, 3.8) is 0 Å². The molecule has 1 aliphatic heterocycles. The summed E-state index contributed by atoms with van der Waals surface area (Å²) in [6, 6.07) is 0. The van der Waals surface area contributed by atoms with Crippen molar-refractivity contribution in [3.05, 3.63) is 0 Å². The van der Waals surface area contributed by atoms with Crippen LogP contribution in [0.2, 0.25) is 0 Å². The Kier molecular flexibility index (Phi) is 15.7. The van der Waals surface area contributed by atoms with Gasteiger partial charge in [-0.25, -0.2) is 0 Å². The van der Waals surface area contributed by atoms with E-state index in [-0.39, 0.29) is 18.6 Å². The van der Waals surface area contributed by atoms with E-state index >= 15 is 0 Å². The molecule has 27 heavy (non-hydrogen) atoms. The zero-order valence-electron chi connectivity index (χ0n) is 17.0. The van der Waals surface area contributed by atoms with Crippen LogP contribution in [-0.4, -0.2) is 24.7 Å². The van der Waals surface area contributed by atoms with Crippen LogP contribution >= 0.6 is 0 Å². The number of rotatable bonds is 18. The normalized spacial score (nSPS) is 17.1. The maximum atomic E-state index is 11.8. The Morgan fingerprint density at radius 1 is 0.815 bits per heavy atom. The quantitative estimate of drug-likeness (QED) is 0.195. The molecule has 0 aliphatic carbocycles. The van der Waals surface area contributed by atoms with Gasteiger partial charge in [-0.15, -0.1) is 0 Å². The van der Waals surface area contributed by atoms with Gasteiger partial charge in [-0.3, -0.25) is 0 Å². The summed E-state index contributed by atoms with van der Waals surface area (Å²) in [5, 5.41) is 0. The number of hydrogen-bond acceptors (Lipinski definition) is 6. The van der Waals surface area contributed by atoms with E-state index in [1.54, 1.807) is 0 Å². The van der Waals surface area contributed by atoms with Gasteiger partial charge in [0.1, 0.15) is 0 Å². The SMILES string of the molecule is NC(N)CCCCCCCCCCCCCCCCC(=O)C1C[O][Ti](=[O])[O]1. The first-order chi connectivity index (χ1) is 13.1. The molecule has 1 atom stereocenters.